The lowest BCUT2D eigenvalue weighted by molar-refractivity contribution is -0.120. The summed E-state index contributed by atoms with van der Waals surface area (Å²) < 4.78 is 34.2. The maximum absolute atomic E-state index is 12.1. The van der Waals surface area contributed by atoms with Crippen molar-refractivity contribution in [3.63, 3.8) is 0 Å². The number of carbonyl (C=O) groups is 1. The molecule has 26 heavy (non-hydrogen) atoms. The molecular weight excluding hydrogens is 356 g/mol. The molecule has 1 amide bonds. The molecule has 1 heterocycles. The van der Waals surface area contributed by atoms with E-state index in [9.17, 15) is 13.2 Å². The molecule has 2 aromatic rings. The molecule has 0 aromatic heterocycles. The van der Waals surface area contributed by atoms with Gasteiger partial charge in [0, 0.05) is 18.5 Å². The van der Waals surface area contributed by atoms with Gasteiger partial charge < -0.3 is 20.1 Å². The third kappa shape index (κ3) is 4.81. The first kappa shape index (κ1) is 18.4. The average Bonchev–Trinajstić information content (AvgIpc) is 2.63. The van der Waals surface area contributed by atoms with Crippen LogP contribution in [-0.4, -0.2) is 46.4 Å². The topological polar surface area (TPSA) is 93.7 Å². The van der Waals surface area contributed by atoms with Crippen molar-refractivity contribution in [3.05, 3.63) is 48.5 Å². The van der Waals surface area contributed by atoms with Crippen LogP contribution in [0.25, 0.3) is 0 Å². The molecule has 7 nitrogen and oxygen atoms in total. The van der Waals surface area contributed by atoms with Crippen LogP contribution in [0, 0.1) is 0 Å². The quantitative estimate of drug-likeness (QED) is 0.827. The Labute approximate surface area is 152 Å². The van der Waals surface area contributed by atoms with Crippen molar-refractivity contribution in [1.82, 2.24) is 5.32 Å². The second-order valence-electron chi connectivity index (χ2n) is 5.94. The SMILES string of the molecule is CS(=O)(=O)c1cccc(Oc2ccc(NC(=O)C3COCCN3)cc2)c1. The van der Waals surface area contributed by atoms with Crippen LogP contribution in [0.3, 0.4) is 0 Å². The summed E-state index contributed by atoms with van der Waals surface area (Å²) in [4.78, 5) is 12.3. The van der Waals surface area contributed by atoms with Crippen molar-refractivity contribution in [2.45, 2.75) is 10.9 Å². The molecule has 1 aliphatic rings. The molecule has 0 saturated carbocycles. The Morgan fingerprint density at radius 3 is 2.62 bits per heavy atom. The van der Waals surface area contributed by atoms with Gasteiger partial charge in [0.05, 0.1) is 18.1 Å². The zero-order chi connectivity index (χ0) is 18.6. The molecule has 0 spiro atoms. The van der Waals surface area contributed by atoms with E-state index in [1.54, 1.807) is 36.4 Å². The van der Waals surface area contributed by atoms with Crippen LogP contribution < -0.4 is 15.4 Å². The van der Waals surface area contributed by atoms with E-state index in [-0.39, 0.29) is 16.8 Å². The zero-order valence-corrected chi connectivity index (χ0v) is 15.1. The van der Waals surface area contributed by atoms with Gasteiger partial charge in [0.1, 0.15) is 17.5 Å². The first-order valence-corrected chi connectivity index (χ1v) is 10.0. The van der Waals surface area contributed by atoms with Gasteiger partial charge >= 0.3 is 0 Å². The number of anilines is 1. The van der Waals surface area contributed by atoms with E-state index in [4.69, 9.17) is 9.47 Å². The molecule has 0 bridgehead atoms. The van der Waals surface area contributed by atoms with Crippen LogP contribution in [0.1, 0.15) is 0 Å². The maximum Gasteiger partial charge on any atom is 0.243 e. The molecule has 1 aliphatic heterocycles. The van der Waals surface area contributed by atoms with E-state index in [0.29, 0.717) is 36.9 Å². The molecule has 0 aliphatic carbocycles. The third-order valence-electron chi connectivity index (χ3n) is 3.83. The number of nitrogens with one attached hydrogen (secondary N) is 2. The Hall–Kier alpha value is -2.42. The number of sulfone groups is 1. The van der Waals surface area contributed by atoms with Gasteiger partial charge in [0.2, 0.25) is 5.91 Å². The molecule has 1 unspecified atom stereocenters. The van der Waals surface area contributed by atoms with Crippen molar-refractivity contribution in [3.8, 4) is 11.5 Å². The predicted molar refractivity (Wildman–Crippen MR) is 97.3 cm³/mol. The van der Waals surface area contributed by atoms with Gasteiger partial charge in [-0.15, -0.1) is 0 Å². The van der Waals surface area contributed by atoms with E-state index in [1.807, 2.05) is 0 Å². The number of morpholine rings is 1. The van der Waals surface area contributed by atoms with E-state index < -0.39 is 9.84 Å². The van der Waals surface area contributed by atoms with Crippen LogP contribution in [0.5, 0.6) is 11.5 Å². The monoisotopic (exact) mass is 376 g/mol. The molecule has 1 fully saturated rings. The lowest BCUT2D eigenvalue weighted by Crippen LogP contribution is -2.48. The van der Waals surface area contributed by atoms with Gasteiger partial charge in [-0.25, -0.2) is 8.42 Å². The summed E-state index contributed by atoms with van der Waals surface area (Å²) in [5.41, 5.74) is 0.639. The maximum atomic E-state index is 12.1. The molecule has 2 aromatic carbocycles. The highest BCUT2D eigenvalue weighted by atomic mass is 32.2. The second-order valence-corrected chi connectivity index (χ2v) is 7.96. The van der Waals surface area contributed by atoms with Gasteiger partial charge in [0.15, 0.2) is 9.84 Å². The Balaban J connectivity index is 1.63. The van der Waals surface area contributed by atoms with E-state index >= 15 is 0 Å². The number of ether oxygens (including phenoxy) is 2. The number of hydrogen-bond acceptors (Lipinski definition) is 6. The number of benzene rings is 2. The number of rotatable bonds is 5. The van der Waals surface area contributed by atoms with E-state index in [1.165, 1.54) is 12.1 Å². The summed E-state index contributed by atoms with van der Waals surface area (Å²) in [5.74, 6) is 0.806. The molecule has 0 radical (unpaired) electrons. The average molecular weight is 376 g/mol. The zero-order valence-electron chi connectivity index (χ0n) is 14.3. The minimum absolute atomic E-state index is 0.153. The van der Waals surface area contributed by atoms with Crippen molar-refractivity contribution < 1.29 is 22.7 Å². The third-order valence-corrected chi connectivity index (χ3v) is 4.94. The first-order valence-electron chi connectivity index (χ1n) is 8.12. The van der Waals surface area contributed by atoms with Crippen molar-refractivity contribution in [2.75, 3.05) is 31.3 Å². The Kier molecular flexibility index (Phi) is 5.55. The summed E-state index contributed by atoms with van der Waals surface area (Å²) in [6.07, 6.45) is 1.15. The predicted octanol–water partition coefficient (Wildman–Crippen LogP) is 1.81. The lowest BCUT2D eigenvalue weighted by atomic mass is 10.2. The molecule has 1 atom stereocenters. The second kappa shape index (κ2) is 7.86. The standard InChI is InChI=1S/C18H20N2O5S/c1-26(22,23)16-4-2-3-15(11-16)25-14-7-5-13(6-8-14)20-18(21)17-12-24-10-9-19-17/h2-8,11,17,19H,9-10,12H2,1H3,(H,20,21). The molecule has 138 valence electrons. The minimum Gasteiger partial charge on any atom is -0.457 e. The van der Waals surface area contributed by atoms with Crippen LogP contribution in [0.15, 0.2) is 53.4 Å². The highest BCUT2D eigenvalue weighted by Crippen LogP contribution is 2.25. The number of amides is 1. The van der Waals surface area contributed by atoms with Crippen molar-refractivity contribution in [2.24, 2.45) is 0 Å². The van der Waals surface area contributed by atoms with E-state index in [2.05, 4.69) is 10.6 Å². The molecule has 2 N–H and O–H groups in total. The van der Waals surface area contributed by atoms with Gasteiger partial charge in [0.25, 0.3) is 0 Å². The first-order chi connectivity index (χ1) is 12.4. The summed E-state index contributed by atoms with van der Waals surface area (Å²) in [7, 11) is -3.29. The fourth-order valence-corrected chi connectivity index (χ4v) is 3.13. The highest BCUT2D eigenvalue weighted by Gasteiger charge is 2.21. The molecule has 3 rings (SSSR count). The fraction of sp³-hybridized carbons (Fsp3) is 0.278. The van der Waals surface area contributed by atoms with Crippen LogP contribution in [-0.2, 0) is 19.4 Å². The summed E-state index contributed by atoms with van der Waals surface area (Å²) in [6.45, 7) is 1.61. The summed E-state index contributed by atoms with van der Waals surface area (Å²) >= 11 is 0. The smallest absolute Gasteiger partial charge is 0.243 e. The summed E-state index contributed by atoms with van der Waals surface area (Å²) in [6, 6.07) is 12.8. The normalized spacial score (nSPS) is 17.5. The van der Waals surface area contributed by atoms with Crippen LogP contribution >= 0.6 is 0 Å². The largest absolute Gasteiger partial charge is 0.457 e. The van der Waals surface area contributed by atoms with Crippen molar-refractivity contribution >= 4 is 21.4 Å². The number of carbonyl (C=O) groups excluding carboxylic acids is 1. The van der Waals surface area contributed by atoms with Crippen molar-refractivity contribution in [1.29, 1.82) is 0 Å². The number of hydrogen-bond donors (Lipinski definition) is 2. The van der Waals surface area contributed by atoms with Gasteiger partial charge in [-0.2, -0.15) is 0 Å². The molecule has 1 saturated heterocycles. The molecule has 8 heteroatoms. The van der Waals surface area contributed by atoms with Gasteiger partial charge in [-0.3, -0.25) is 4.79 Å². The molecular formula is C18H20N2O5S. The lowest BCUT2D eigenvalue weighted by Gasteiger charge is -2.22. The highest BCUT2D eigenvalue weighted by molar-refractivity contribution is 7.90. The Morgan fingerprint density at radius 1 is 1.19 bits per heavy atom. The van der Waals surface area contributed by atoms with Crippen LogP contribution in [0.2, 0.25) is 0 Å². The minimum atomic E-state index is -3.29. The fourth-order valence-electron chi connectivity index (χ4n) is 2.47. The Bertz CT molecular complexity index is 875. The van der Waals surface area contributed by atoms with Gasteiger partial charge in [-0.1, -0.05) is 6.07 Å². The summed E-state index contributed by atoms with van der Waals surface area (Å²) in [5, 5.41) is 5.91. The van der Waals surface area contributed by atoms with Gasteiger partial charge in [-0.05, 0) is 42.5 Å². The van der Waals surface area contributed by atoms with E-state index in [0.717, 1.165) is 6.26 Å². The van der Waals surface area contributed by atoms with Crippen LogP contribution in [0.4, 0.5) is 5.69 Å². The Morgan fingerprint density at radius 2 is 1.96 bits per heavy atom.